The smallest absolute Gasteiger partial charge is 0.257 e. The number of carbonyl (C=O) groups excluding carboxylic acids is 1. The summed E-state index contributed by atoms with van der Waals surface area (Å²) in [6, 6.07) is 3.02. The molecule has 7 heteroatoms. The van der Waals surface area contributed by atoms with Gasteiger partial charge in [-0.25, -0.2) is 4.98 Å². The summed E-state index contributed by atoms with van der Waals surface area (Å²) in [7, 11) is 1.81. The van der Waals surface area contributed by atoms with Crippen molar-refractivity contribution in [1.29, 1.82) is 0 Å². The van der Waals surface area contributed by atoms with Crippen molar-refractivity contribution >= 4 is 5.91 Å². The highest BCUT2D eigenvalue weighted by Crippen LogP contribution is 2.46. The molecule has 0 radical (unpaired) electrons. The SMILES string of the molecule is Cc1c(C(=O)N2[C@@H]3CC[C@H]2CC(O)(c2cccnc2F)C3)cnn1C. The maximum atomic E-state index is 14.1. The molecule has 4 heterocycles. The lowest BCUT2D eigenvalue weighted by atomic mass is 9.80. The van der Waals surface area contributed by atoms with Crippen LogP contribution in [-0.2, 0) is 12.6 Å². The summed E-state index contributed by atoms with van der Waals surface area (Å²) in [6.45, 7) is 1.87. The number of aryl methyl sites for hydroxylation is 1. The van der Waals surface area contributed by atoms with Crippen LogP contribution in [0.3, 0.4) is 0 Å². The van der Waals surface area contributed by atoms with Crippen LogP contribution in [-0.4, -0.2) is 42.8 Å². The van der Waals surface area contributed by atoms with E-state index in [1.54, 1.807) is 30.1 Å². The Morgan fingerprint density at radius 3 is 2.60 bits per heavy atom. The zero-order valence-electron chi connectivity index (χ0n) is 14.3. The number of pyridine rings is 1. The molecule has 2 aliphatic rings. The monoisotopic (exact) mass is 344 g/mol. The highest BCUT2D eigenvalue weighted by molar-refractivity contribution is 5.95. The van der Waals surface area contributed by atoms with Crippen molar-refractivity contribution in [3.05, 3.63) is 47.3 Å². The number of aromatic nitrogens is 3. The molecule has 0 aromatic carbocycles. The topological polar surface area (TPSA) is 71.2 Å². The summed E-state index contributed by atoms with van der Waals surface area (Å²) in [5.41, 5.74) is 0.378. The van der Waals surface area contributed by atoms with E-state index in [4.69, 9.17) is 0 Å². The van der Waals surface area contributed by atoms with Crippen LogP contribution in [0.15, 0.2) is 24.5 Å². The molecule has 3 atom stereocenters. The Morgan fingerprint density at radius 2 is 2.04 bits per heavy atom. The number of nitrogens with zero attached hydrogens (tertiary/aromatic N) is 4. The number of piperidine rings is 1. The largest absolute Gasteiger partial charge is 0.385 e. The van der Waals surface area contributed by atoms with Gasteiger partial charge in [-0.05, 0) is 25.8 Å². The fourth-order valence-corrected chi connectivity index (χ4v) is 4.36. The maximum absolute atomic E-state index is 14.1. The number of hydrogen-bond acceptors (Lipinski definition) is 4. The van der Waals surface area contributed by atoms with Gasteiger partial charge in [-0.15, -0.1) is 0 Å². The van der Waals surface area contributed by atoms with Crippen molar-refractivity contribution in [3.63, 3.8) is 0 Å². The Bertz CT molecular complexity index is 820. The van der Waals surface area contributed by atoms with Gasteiger partial charge in [0.15, 0.2) is 0 Å². The maximum Gasteiger partial charge on any atom is 0.257 e. The van der Waals surface area contributed by atoms with Crippen LogP contribution in [0.25, 0.3) is 0 Å². The van der Waals surface area contributed by atoms with Crippen molar-refractivity contribution in [2.24, 2.45) is 7.05 Å². The average molecular weight is 344 g/mol. The number of halogens is 1. The molecule has 132 valence electrons. The molecule has 2 aliphatic heterocycles. The van der Waals surface area contributed by atoms with Crippen LogP contribution < -0.4 is 0 Å². The minimum atomic E-state index is -1.27. The Morgan fingerprint density at radius 1 is 1.36 bits per heavy atom. The molecule has 1 amide bonds. The fraction of sp³-hybridized carbons (Fsp3) is 0.500. The summed E-state index contributed by atoms with van der Waals surface area (Å²) in [4.78, 5) is 18.5. The van der Waals surface area contributed by atoms with E-state index in [0.717, 1.165) is 18.5 Å². The Kier molecular flexibility index (Phi) is 3.64. The number of rotatable bonds is 2. The third-order valence-corrected chi connectivity index (χ3v) is 5.73. The van der Waals surface area contributed by atoms with Gasteiger partial charge in [0.25, 0.3) is 5.91 Å². The summed E-state index contributed by atoms with van der Waals surface area (Å²) in [6.07, 6.45) is 5.27. The first-order valence-corrected chi connectivity index (χ1v) is 8.55. The Hall–Kier alpha value is -2.28. The molecular weight excluding hydrogens is 323 g/mol. The summed E-state index contributed by atoms with van der Waals surface area (Å²) < 4.78 is 15.8. The van der Waals surface area contributed by atoms with Crippen molar-refractivity contribution in [1.82, 2.24) is 19.7 Å². The summed E-state index contributed by atoms with van der Waals surface area (Å²) in [5.74, 6) is -0.681. The van der Waals surface area contributed by atoms with Gasteiger partial charge >= 0.3 is 0 Å². The predicted molar refractivity (Wildman–Crippen MR) is 88.3 cm³/mol. The van der Waals surface area contributed by atoms with E-state index in [0.29, 0.717) is 18.4 Å². The summed E-state index contributed by atoms with van der Waals surface area (Å²) in [5, 5.41) is 15.3. The van der Waals surface area contributed by atoms with E-state index >= 15 is 0 Å². The normalized spacial score (nSPS) is 28.4. The number of amides is 1. The number of carbonyl (C=O) groups is 1. The van der Waals surface area contributed by atoms with Crippen LogP contribution in [0.4, 0.5) is 4.39 Å². The molecule has 2 saturated heterocycles. The van der Waals surface area contributed by atoms with Crippen LogP contribution in [0.5, 0.6) is 0 Å². The van der Waals surface area contributed by atoms with Crippen LogP contribution in [0.2, 0.25) is 0 Å². The van der Waals surface area contributed by atoms with E-state index in [9.17, 15) is 14.3 Å². The third kappa shape index (κ3) is 2.45. The first kappa shape index (κ1) is 16.2. The highest BCUT2D eigenvalue weighted by atomic mass is 19.1. The van der Waals surface area contributed by atoms with Gasteiger partial charge in [0.2, 0.25) is 5.95 Å². The number of aliphatic hydroxyl groups is 1. The van der Waals surface area contributed by atoms with Gasteiger partial charge < -0.3 is 10.0 Å². The first-order valence-electron chi connectivity index (χ1n) is 8.55. The molecule has 4 rings (SSSR count). The van der Waals surface area contributed by atoms with E-state index in [1.165, 1.54) is 6.20 Å². The van der Waals surface area contributed by atoms with Crippen molar-refractivity contribution < 1.29 is 14.3 Å². The second-order valence-electron chi connectivity index (χ2n) is 7.15. The van der Waals surface area contributed by atoms with E-state index in [-0.39, 0.29) is 23.6 Å². The van der Waals surface area contributed by atoms with E-state index < -0.39 is 11.5 Å². The third-order valence-electron chi connectivity index (χ3n) is 5.73. The van der Waals surface area contributed by atoms with Gasteiger partial charge in [-0.2, -0.15) is 9.49 Å². The number of fused-ring (bicyclic) bond motifs is 2. The zero-order valence-corrected chi connectivity index (χ0v) is 14.3. The lowest BCUT2D eigenvalue weighted by Crippen LogP contribution is -2.52. The van der Waals surface area contributed by atoms with Crippen molar-refractivity contribution in [2.45, 2.75) is 50.3 Å². The van der Waals surface area contributed by atoms with Crippen LogP contribution in [0, 0.1) is 12.9 Å². The van der Waals surface area contributed by atoms with Crippen molar-refractivity contribution in [2.75, 3.05) is 0 Å². The molecule has 6 nitrogen and oxygen atoms in total. The first-order chi connectivity index (χ1) is 11.9. The van der Waals surface area contributed by atoms with Gasteiger partial charge in [0.1, 0.15) is 0 Å². The van der Waals surface area contributed by atoms with Gasteiger partial charge in [0.05, 0.1) is 17.4 Å². The number of hydrogen-bond donors (Lipinski definition) is 1. The highest BCUT2D eigenvalue weighted by Gasteiger charge is 2.51. The van der Waals surface area contributed by atoms with E-state index in [1.807, 2.05) is 11.8 Å². The Balaban J connectivity index is 1.63. The fourth-order valence-electron chi connectivity index (χ4n) is 4.36. The molecule has 2 bridgehead atoms. The quantitative estimate of drug-likeness (QED) is 0.845. The minimum Gasteiger partial charge on any atom is -0.385 e. The molecule has 1 N–H and O–H groups in total. The lowest BCUT2D eigenvalue weighted by molar-refractivity contribution is -0.0504. The van der Waals surface area contributed by atoms with Gasteiger partial charge in [0, 0.05) is 49.4 Å². The summed E-state index contributed by atoms with van der Waals surface area (Å²) >= 11 is 0. The molecule has 2 aromatic heterocycles. The predicted octanol–water partition coefficient (Wildman–Crippen LogP) is 1.92. The van der Waals surface area contributed by atoms with E-state index in [2.05, 4.69) is 10.1 Å². The molecular formula is C18H21FN4O2. The van der Waals surface area contributed by atoms with Gasteiger partial charge in [-0.1, -0.05) is 6.07 Å². The average Bonchev–Trinajstić information content (AvgIpc) is 3.05. The van der Waals surface area contributed by atoms with Crippen LogP contribution in [0.1, 0.15) is 47.3 Å². The van der Waals surface area contributed by atoms with Gasteiger partial charge in [-0.3, -0.25) is 9.48 Å². The van der Waals surface area contributed by atoms with Crippen molar-refractivity contribution in [3.8, 4) is 0 Å². The lowest BCUT2D eigenvalue weighted by Gasteiger charge is -2.44. The second kappa shape index (κ2) is 5.62. The molecule has 0 saturated carbocycles. The van der Waals surface area contributed by atoms with Crippen LogP contribution >= 0.6 is 0 Å². The molecule has 2 aromatic rings. The molecule has 25 heavy (non-hydrogen) atoms. The second-order valence-corrected chi connectivity index (χ2v) is 7.15. The molecule has 0 spiro atoms. The minimum absolute atomic E-state index is 0.0493. The standard InChI is InChI=1S/C18H21FN4O2/c1-11-14(10-21-22(11)2)17(24)23-12-5-6-13(23)9-18(25,8-12)15-4-3-7-20-16(15)19/h3-4,7,10,12-13,25H,5-6,8-9H2,1-2H3/t12-,13+,18?. The molecule has 1 unspecified atom stereocenters. The molecule has 0 aliphatic carbocycles. The Labute approximate surface area is 145 Å². The zero-order chi connectivity index (χ0) is 17.8. The molecule has 2 fully saturated rings.